The number of fused-ring (bicyclic) bond motifs is 1. The number of nitrogens with zero attached hydrogens (tertiary/aromatic N) is 1. The predicted octanol–water partition coefficient (Wildman–Crippen LogP) is 4.16. The van der Waals surface area contributed by atoms with Crippen LogP contribution in [0.4, 0.5) is 5.69 Å². The van der Waals surface area contributed by atoms with E-state index in [0.717, 1.165) is 22.5 Å². The lowest BCUT2D eigenvalue weighted by atomic mass is 9.95. The van der Waals surface area contributed by atoms with E-state index < -0.39 is 22.0 Å². The molecule has 0 saturated carbocycles. The van der Waals surface area contributed by atoms with Crippen molar-refractivity contribution < 1.29 is 17.9 Å². The van der Waals surface area contributed by atoms with E-state index in [4.69, 9.17) is 16.3 Å². The van der Waals surface area contributed by atoms with Crippen LogP contribution in [0.15, 0.2) is 64.2 Å². The molecule has 1 aliphatic heterocycles. The van der Waals surface area contributed by atoms with Crippen molar-refractivity contribution in [1.82, 2.24) is 4.31 Å². The van der Waals surface area contributed by atoms with Crippen LogP contribution in [0, 0.1) is 0 Å². The number of sulfonamides is 1. The van der Waals surface area contributed by atoms with Gasteiger partial charge in [0.2, 0.25) is 5.91 Å². The van der Waals surface area contributed by atoms with E-state index in [2.05, 4.69) is 5.32 Å². The van der Waals surface area contributed by atoms with E-state index in [-0.39, 0.29) is 17.2 Å². The van der Waals surface area contributed by atoms with Gasteiger partial charge in [-0.05, 0) is 47.2 Å². The summed E-state index contributed by atoms with van der Waals surface area (Å²) in [5.41, 5.74) is 2.23. The van der Waals surface area contributed by atoms with Crippen molar-refractivity contribution in [3.8, 4) is 5.75 Å². The molecule has 0 spiro atoms. The number of methoxy groups -OCH3 is 1. The lowest BCUT2D eigenvalue weighted by Crippen LogP contribution is -2.50. The zero-order chi connectivity index (χ0) is 21.3. The first-order valence-corrected chi connectivity index (χ1v) is 11.9. The standard InChI is InChI=1S/C21H19ClN2O4S2/c1-28-19-9-8-16(22)12-17(19)23-21(25)18-11-14-5-2-3-6-15(14)13-24(18)30(26,27)20-7-4-10-29-20/h2-10,12,18H,11,13H2,1H3,(H,23,25). The number of thiophene rings is 1. The molecule has 1 amide bonds. The van der Waals surface area contributed by atoms with Gasteiger partial charge in [-0.2, -0.15) is 4.31 Å². The molecule has 3 aromatic rings. The molecule has 1 unspecified atom stereocenters. The van der Waals surface area contributed by atoms with E-state index in [1.165, 1.54) is 11.4 Å². The first kappa shape index (κ1) is 20.9. The van der Waals surface area contributed by atoms with Crippen LogP contribution in [0.25, 0.3) is 0 Å². The number of amides is 1. The molecular weight excluding hydrogens is 444 g/mol. The maximum absolute atomic E-state index is 13.3. The fraction of sp³-hybridized carbons (Fsp3) is 0.190. The third kappa shape index (κ3) is 3.96. The van der Waals surface area contributed by atoms with Gasteiger partial charge in [-0.25, -0.2) is 8.42 Å². The van der Waals surface area contributed by atoms with Crippen LogP contribution in [0.1, 0.15) is 11.1 Å². The summed E-state index contributed by atoms with van der Waals surface area (Å²) in [6.45, 7) is 0.126. The minimum absolute atomic E-state index is 0.126. The summed E-state index contributed by atoms with van der Waals surface area (Å²) in [6, 6.07) is 14.8. The Morgan fingerprint density at radius 2 is 1.93 bits per heavy atom. The summed E-state index contributed by atoms with van der Waals surface area (Å²) in [4.78, 5) is 13.3. The molecule has 30 heavy (non-hydrogen) atoms. The van der Waals surface area contributed by atoms with Crippen LogP contribution in [-0.4, -0.2) is 31.8 Å². The molecule has 9 heteroatoms. The number of carbonyl (C=O) groups excluding carboxylic acids is 1. The second-order valence-electron chi connectivity index (χ2n) is 6.80. The van der Waals surface area contributed by atoms with Crippen molar-refractivity contribution in [3.05, 3.63) is 76.1 Å². The van der Waals surface area contributed by atoms with Gasteiger partial charge in [0.05, 0.1) is 12.8 Å². The van der Waals surface area contributed by atoms with Crippen molar-refractivity contribution in [2.24, 2.45) is 0 Å². The summed E-state index contributed by atoms with van der Waals surface area (Å²) < 4.78 is 33.4. The Balaban J connectivity index is 1.72. The van der Waals surface area contributed by atoms with Crippen LogP contribution < -0.4 is 10.1 Å². The molecule has 2 aromatic carbocycles. The molecule has 6 nitrogen and oxygen atoms in total. The molecule has 0 bridgehead atoms. The van der Waals surface area contributed by atoms with Gasteiger partial charge < -0.3 is 10.1 Å². The first-order valence-electron chi connectivity index (χ1n) is 9.16. The van der Waals surface area contributed by atoms with Gasteiger partial charge in [-0.3, -0.25) is 4.79 Å². The van der Waals surface area contributed by atoms with Gasteiger partial charge in [0.15, 0.2) is 0 Å². The number of anilines is 1. The summed E-state index contributed by atoms with van der Waals surface area (Å²) in [7, 11) is -2.35. The average Bonchev–Trinajstić information content (AvgIpc) is 3.29. The van der Waals surface area contributed by atoms with Gasteiger partial charge in [0.1, 0.15) is 16.0 Å². The van der Waals surface area contributed by atoms with E-state index in [0.29, 0.717) is 16.5 Å². The maximum atomic E-state index is 13.3. The van der Waals surface area contributed by atoms with Crippen molar-refractivity contribution in [1.29, 1.82) is 0 Å². The smallest absolute Gasteiger partial charge is 0.253 e. The number of halogens is 1. The highest BCUT2D eigenvalue weighted by Crippen LogP contribution is 2.33. The molecule has 0 aliphatic carbocycles. The topological polar surface area (TPSA) is 75.7 Å². The second-order valence-corrected chi connectivity index (χ2v) is 10.3. The Kier molecular flexibility index (Phi) is 5.84. The highest BCUT2D eigenvalue weighted by atomic mass is 35.5. The molecule has 4 rings (SSSR count). The third-order valence-electron chi connectivity index (χ3n) is 4.99. The summed E-state index contributed by atoms with van der Waals surface area (Å²) in [5.74, 6) is 0.00169. The monoisotopic (exact) mass is 462 g/mol. The molecule has 0 radical (unpaired) electrons. The van der Waals surface area contributed by atoms with Crippen molar-refractivity contribution >= 4 is 44.6 Å². The fourth-order valence-corrected chi connectivity index (χ4v) is 6.35. The second kappa shape index (κ2) is 8.39. The number of hydrogen-bond acceptors (Lipinski definition) is 5. The van der Waals surface area contributed by atoms with Crippen LogP contribution in [0.2, 0.25) is 5.02 Å². The van der Waals surface area contributed by atoms with Crippen LogP contribution in [0.5, 0.6) is 5.75 Å². The quantitative estimate of drug-likeness (QED) is 0.617. The minimum atomic E-state index is -3.84. The maximum Gasteiger partial charge on any atom is 0.253 e. The average molecular weight is 463 g/mol. The van der Waals surface area contributed by atoms with Gasteiger partial charge in [0, 0.05) is 11.6 Å². The molecule has 1 aromatic heterocycles. The van der Waals surface area contributed by atoms with E-state index in [1.807, 2.05) is 24.3 Å². The molecule has 2 heterocycles. The summed E-state index contributed by atoms with van der Waals surface area (Å²) in [6.07, 6.45) is 0.273. The Bertz CT molecular complexity index is 1180. The van der Waals surface area contributed by atoms with Gasteiger partial charge in [-0.1, -0.05) is 41.9 Å². The third-order valence-corrected chi connectivity index (χ3v) is 8.45. The molecule has 156 valence electrons. The van der Waals surface area contributed by atoms with Crippen LogP contribution in [0.3, 0.4) is 0 Å². The number of nitrogens with one attached hydrogen (secondary N) is 1. The molecule has 0 saturated heterocycles. The number of benzene rings is 2. The lowest BCUT2D eigenvalue weighted by Gasteiger charge is -2.34. The van der Waals surface area contributed by atoms with Crippen LogP contribution in [-0.2, 0) is 27.8 Å². The van der Waals surface area contributed by atoms with Crippen LogP contribution >= 0.6 is 22.9 Å². The van der Waals surface area contributed by atoms with Gasteiger partial charge in [-0.15, -0.1) is 11.3 Å². The Hall–Kier alpha value is -2.39. The zero-order valence-corrected chi connectivity index (χ0v) is 18.4. The van der Waals surface area contributed by atoms with E-state index in [1.54, 1.807) is 35.7 Å². The van der Waals surface area contributed by atoms with E-state index in [9.17, 15) is 13.2 Å². The fourth-order valence-electron chi connectivity index (χ4n) is 3.49. The number of carbonyl (C=O) groups is 1. The molecular formula is C21H19ClN2O4S2. The largest absolute Gasteiger partial charge is 0.495 e. The number of hydrogen-bond donors (Lipinski definition) is 1. The zero-order valence-electron chi connectivity index (χ0n) is 16.0. The summed E-state index contributed by atoms with van der Waals surface area (Å²) >= 11 is 7.20. The normalized spacial score (nSPS) is 16.7. The molecule has 0 fully saturated rings. The SMILES string of the molecule is COc1ccc(Cl)cc1NC(=O)C1Cc2ccccc2CN1S(=O)(=O)c1cccs1. The van der Waals surface area contributed by atoms with Gasteiger partial charge in [0.25, 0.3) is 10.0 Å². The highest BCUT2D eigenvalue weighted by Gasteiger charge is 2.40. The molecule has 1 aliphatic rings. The minimum Gasteiger partial charge on any atom is -0.495 e. The van der Waals surface area contributed by atoms with Crippen molar-refractivity contribution in [3.63, 3.8) is 0 Å². The summed E-state index contributed by atoms with van der Waals surface area (Å²) in [5, 5.41) is 4.94. The Labute approximate surface area is 184 Å². The predicted molar refractivity (Wildman–Crippen MR) is 118 cm³/mol. The van der Waals surface area contributed by atoms with Crippen molar-refractivity contribution in [2.75, 3.05) is 12.4 Å². The van der Waals surface area contributed by atoms with Gasteiger partial charge >= 0.3 is 0 Å². The molecule has 1 N–H and O–H groups in total. The highest BCUT2D eigenvalue weighted by molar-refractivity contribution is 7.91. The number of rotatable bonds is 5. The Morgan fingerprint density at radius 3 is 2.63 bits per heavy atom. The number of ether oxygens (including phenoxy) is 1. The Morgan fingerprint density at radius 1 is 1.17 bits per heavy atom. The van der Waals surface area contributed by atoms with Crippen molar-refractivity contribution in [2.45, 2.75) is 23.2 Å². The first-order chi connectivity index (χ1) is 14.4. The molecule has 1 atom stereocenters. The lowest BCUT2D eigenvalue weighted by molar-refractivity contribution is -0.120. The van der Waals surface area contributed by atoms with E-state index >= 15 is 0 Å².